The van der Waals surface area contributed by atoms with Gasteiger partial charge in [-0.05, 0) is 46.8 Å². The fourth-order valence-corrected chi connectivity index (χ4v) is 2.84. The second kappa shape index (κ2) is 6.33. The maximum Gasteiger partial charge on any atom is 0.0643 e. The van der Waals surface area contributed by atoms with E-state index >= 15 is 0 Å². The Morgan fingerprint density at radius 3 is 2.72 bits per heavy atom. The molecule has 0 fully saturated rings. The lowest BCUT2D eigenvalue weighted by atomic mass is 10.0. The monoisotopic (exact) mass is 355 g/mol. The molecule has 0 saturated heterocycles. The fourth-order valence-electron chi connectivity index (χ4n) is 2.08. The zero-order valence-corrected chi connectivity index (χ0v) is 12.9. The van der Waals surface area contributed by atoms with Gasteiger partial charge in [0.1, 0.15) is 0 Å². The van der Waals surface area contributed by atoms with E-state index in [0.717, 1.165) is 18.7 Å². The largest absolute Gasteiger partial charge is 0.310 e. The van der Waals surface area contributed by atoms with Crippen molar-refractivity contribution in [1.29, 1.82) is 0 Å². The van der Waals surface area contributed by atoms with Crippen LogP contribution in [0.15, 0.2) is 36.5 Å². The van der Waals surface area contributed by atoms with Gasteiger partial charge in [0, 0.05) is 29.3 Å². The Bertz CT molecular complexity index is 507. The third-order valence-corrected chi connectivity index (χ3v) is 3.90. The zero-order chi connectivity index (χ0) is 13.0. The molecule has 0 aliphatic rings. The number of nitrogens with zero attached hydrogens (tertiary/aromatic N) is 2. The van der Waals surface area contributed by atoms with E-state index in [4.69, 9.17) is 0 Å². The minimum Gasteiger partial charge on any atom is -0.310 e. The molecule has 1 unspecified atom stereocenters. The lowest BCUT2D eigenvalue weighted by Gasteiger charge is -2.18. The summed E-state index contributed by atoms with van der Waals surface area (Å²) in [6.45, 7) is 3.10. The highest BCUT2D eigenvalue weighted by molar-refractivity contribution is 14.1. The number of likely N-dealkylation sites (N-methyl/N-ethyl adjacent to an activating group) is 1. The minimum absolute atomic E-state index is 0.331. The molecule has 0 aliphatic heterocycles. The predicted molar refractivity (Wildman–Crippen MR) is 82.5 cm³/mol. The van der Waals surface area contributed by atoms with Gasteiger partial charge in [0.05, 0.1) is 5.69 Å². The highest BCUT2D eigenvalue weighted by Crippen LogP contribution is 2.22. The van der Waals surface area contributed by atoms with Crippen molar-refractivity contribution in [3.05, 3.63) is 51.4 Å². The molecule has 0 spiro atoms. The molecule has 2 aromatic rings. The molecule has 1 N–H and O–H groups in total. The van der Waals surface area contributed by atoms with Crippen molar-refractivity contribution in [3.8, 4) is 0 Å². The Labute approximate surface area is 122 Å². The molecule has 3 nitrogen and oxygen atoms in total. The summed E-state index contributed by atoms with van der Waals surface area (Å²) < 4.78 is 3.16. The van der Waals surface area contributed by atoms with Crippen LogP contribution in [0, 0.1) is 3.57 Å². The molecule has 0 aliphatic carbocycles. The normalized spacial score (nSPS) is 12.6. The first-order valence-electron chi connectivity index (χ1n) is 6.17. The molecule has 1 atom stereocenters. The molecule has 0 saturated carbocycles. The van der Waals surface area contributed by atoms with Gasteiger partial charge in [-0.2, -0.15) is 5.10 Å². The fraction of sp³-hybridized carbons (Fsp3) is 0.357. The quantitative estimate of drug-likeness (QED) is 0.836. The first kappa shape index (κ1) is 13.5. The lowest BCUT2D eigenvalue weighted by Crippen LogP contribution is -2.24. The topological polar surface area (TPSA) is 29.9 Å². The second-order valence-electron chi connectivity index (χ2n) is 4.32. The van der Waals surface area contributed by atoms with Crippen LogP contribution in [0.3, 0.4) is 0 Å². The standard InChI is InChI=1S/C14H18IN3/c1-3-16-14(10-11-8-9-18(2)17-11)12-6-4-5-7-13(12)15/h4-9,14,16H,3,10H2,1-2H3. The molecule has 0 radical (unpaired) electrons. The van der Waals surface area contributed by atoms with Crippen LogP contribution < -0.4 is 5.32 Å². The molecule has 1 aromatic heterocycles. The van der Waals surface area contributed by atoms with Gasteiger partial charge in [0.2, 0.25) is 0 Å². The third kappa shape index (κ3) is 3.32. The van der Waals surface area contributed by atoms with E-state index in [1.54, 1.807) is 0 Å². The van der Waals surface area contributed by atoms with Crippen LogP contribution >= 0.6 is 22.6 Å². The number of halogens is 1. The number of benzene rings is 1. The minimum atomic E-state index is 0.331. The molecule has 1 aromatic carbocycles. The highest BCUT2D eigenvalue weighted by Gasteiger charge is 2.14. The summed E-state index contributed by atoms with van der Waals surface area (Å²) in [4.78, 5) is 0. The van der Waals surface area contributed by atoms with Gasteiger partial charge in [-0.3, -0.25) is 4.68 Å². The van der Waals surface area contributed by atoms with E-state index < -0.39 is 0 Å². The van der Waals surface area contributed by atoms with Crippen LogP contribution in [0.4, 0.5) is 0 Å². The van der Waals surface area contributed by atoms with Crippen LogP contribution in [0.25, 0.3) is 0 Å². The lowest BCUT2D eigenvalue weighted by molar-refractivity contribution is 0.538. The predicted octanol–water partition coefficient (Wildman–Crippen LogP) is 2.92. The summed E-state index contributed by atoms with van der Waals surface area (Å²) in [5.41, 5.74) is 2.48. The molecule has 96 valence electrons. The van der Waals surface area contributed by atoms with Gasteiger partial charge >= 0.3 is 0 Å². The summed E-state index contributed by atoms with van der Waals surface area (Å²) in [5.74, 6) is 0. The van der Waals surface area contributed by atoms with E-state index in [1.165, 1.54) is 9.13 Å². The Morgan fingerprint density at radius 2 is 2.11 bits per heavy atom. The van der Waals surface area contributed by atoms with Gasteiger partial charge in [-0.25, -0.2) is 0 Å². The molecule has 2 rings (SSSR count). The molecule has 4 heteroatoms. The SMILES string of the molecule is CCNC(Cc1ccn(C)n1)c1ccccc1I. The van der Waals surface area contributed by atoms with Crippen LogP contribution in [0.5, 0.6) is 0 Å². The number of hydrogen-bond donors (Lipinski definition) is 1. The summed E-state index contributed by atoms with van der Waals surface area (Å²) in [5, 5.41) is 8.01. The van der Waals surface area contributed by atoms with Crippen molar-refractivity contribution in [3.63, 3.8) is 0 Å². The van der Waals surface area contributed by atoms with E-state index in [9.17, 15) is 0 Å². The van der Waals surface area contributed by atoms with Crippen LogP contribution in [0.1, 0.15) is 24.2 Å². The maximum atomic E-state index is 4.46. The molecule has 18 heavy (non-hydrogen) atoms. The highest BCUT2D eigenvalue weighted by atomic mass is 127. The van der Waals surface area contributed by atoms with Gasteiger partial charge in [0.15, 0.2) is 0 Å². The smallest absolute Gasteiger partial charge is 0.0643 e. The summed E-state index contributed by atoms with van der Waals surface area (Å²) in [6, 6.07) is 10.9. The molecule has 1 heterocycles. The average molecular weight is 355 g/mol. The van der Waals surface area contributed by atoms with E-state index in [-0.39, 0.29) is 0 Å². The van der Waals surface area contributed by atoms with Crippen molar-refractivity contribution in [2.24, 2.45) is 7.05 Å². The molecular formula is C14H18IN3. The number of nitrogens with one attached hydrogen (secondary N) is 1. The summed E-state index contributed by atoms with van der Waals surface area (Å²) in [7, 11) is 1.96. The molecule has 0 bridgehead atoms. The van der Waals surface area contributed by atoms with Gasteiger partial charge in [0.25, 0.3) is 0 Å². The Morgan fingerprint density at radius 1 is 1.33 bits per heavy atom. The van der Waals surface area contributed by atoms with Gasteiger partial charge in [-0.1, -0.05) is 25.1 Å². The van der Waals surface area contributed by atoms with Crippen molar-refractivity contribution in [1.82, 2.24) is 15.1 Å². The molecular weight excluding hydrogens is 337 g/mol. The number of aromatic nitrogens is 2. The van der Waals surface area contributed by atoms with Crippen molar-refractivity contribution < 1.29 is 0 Å². The summed E-state index contributed by atoms with van der Waals surface area (Å²) >= 11 is 2.40. The van der Waals surface area contributed by atoms with Crippen LogP contribution in [-0.4, -0.2) is 16.3 Å². The number of aryl methyl sites for hydroxylation is 1. The van der Waals surface area contributed by atoms with Crippen LogP contribution in [-0.2, 0) is 13.5 Å². The van der Waals surface area contributed by atoms with Crippen LogP contribution in [0.2, 0.25) is 0 Å². The average Bonchev–Trinajstić information content (AvgIpc) is 2.75. The Kier molecular flexibility index (Phi) is 4.77. The van der Waals surface area contributed by atoms with E-state index in [1.807, 2.05) is 17.9 Å². The maximum absolute atomic E-state index is 4.46. The first-order chi connectivity index (χ1) is 8.70. The van der Waals surface area contributed by atoms with Gasteiger partial charge < -0.3 is 5.32 Å². The molecule has 0 amide bonds. The first-order valence-corrected chi connectivity index (χ1v) is 7.25. The van der Waals surface area contributed by atoms with Crippen molar-refractivity contribution in [2.75, 3.05) is 6.54 Å². The second-order valence-corrected chi connectivity index (χ2v) is 5.48. The third-order valence-electron chi connectivity index (χ3n) is 2.91. The Balaban J connectivity index is 2.20. The Hall–Kier alpha value is -0.880. The number of rotatable bonds is 5. The summed E-state index contributed by atoms with van der Waals surface area (Å²) in [6.07, 6.45) is 2.92. The zero-order valence-electron chi connectivity index (χ0n) is 10.7. The van der Waals surface area contributed by atoms with Crippen molar-refractivity contribution >= 4 is 22.6 Å². The van der Waals surface area contributed by atoms with E-state index in [0.29, 0.717) is 6.04 Å². The number of hydrogen-bond acceptors (Lipinski definition) is 2. The van der Waals surface area contributed by atoms with E-state index in [2.05, 4.69) is 70.3 Å². The van der Waals surface area contributed by atoms with Gasteiger partial charge in [-0.15, -0.1) is 0 Å². The van der Waals surface area contributed by atoms with Crippen molar-refractivity contribution in [2.45, 2.75) is 19.4 Å².